The van der Waals surface area contributed by atoms with E-state index in [0.717, 1.165) is 0 Å². The van der Waals surface area contributed by atoms with Crippen molar-refractivity contribution in [2.75, 3.05) is 0 Å². The molecule has 1 rings (SSSR count). The summed E-state index contributed by atoms with van der Waals surface area (Å²) in [6.45, 7) is 3.47. The summed E-state index contributed by atoms with van der Waals surface area (Å²) in [4.78, 5) is 22.9. The number of carboxylic acid groups (broad SMARTS) is 1. The molecule has 0 saturated heterocycles. The number of phenols is 1. The Balaban J connectivity index is 2.70. The van der Waals surface area contributed by atoms with Crippen molar-refractivity contribution in [2.24, 2.45) is 5.73 Å². The fraction of sp³-hybridized carbons (Fsp3) is 0.286. The van der Waals surface area contributed by atoms with Gasteiger partial charge in [0.25, 0.3) is 0 Å². The van der Waals surface area contributed by atoms with Crippen LogP contribution in [0.2, 0.25) is 0 Å². The first-order chi connectivity index (χ1) is 9.43. The van der Waals surface area contributed by atoms with E-state index in [2.05, 4.69) is 11.9 Å². The van der Waals surface area contributed by atoms with Crippen LogP contribution in [0.5, 0.6) is 5.75 Å². The molecule has 6 heteroatoms. The van der Waals surface area contributed by atoms with E-state index in [0.29, 0.717) is 5.56 Å². The predicted molar refractivity (Wildman–Crippen MR) is 74.2 cm³/mol. The van der Waals surface area contributed by atoms with Gasteiger partial charge in [0.05, 0.1) is 6.04 Å². The third kappa shape index (κ3) is 4.74. The minimum absolute atomic E-state index is 0.0951. The van der Waals surface area contributed by atoms with Gasteiger partial charge in [-0.15, -0.1) is 6.58 Å². The number of carboxylic acids is 1. The molecule has 2 atom stereocenters. The molecule has 6 nitrogen and oxygen atoms in total. The molecule has 0 spiro atoms. The van der Waals surface area contributed by atoms with Crippen LogP contribution in [0.1, 0.15) is 12.0 Å². The minimum atomic E-state index is -1.14. The number of aliphatic carboxylic acids is 1. The smallest absolute Gasteiger partial charge is 0.326 e. The Morgan fingerprint density at radius 1 is 1.35 bits per heavy atom. The fourth-order valence-electron chi connectivity index (χ4n) is 1.63. The van der Waals surface area contributed by atoms with Crippen LogP contribution in [0.25, 0.3) is 0 Å². The summed E-state index contributed by atoms with van der Waals surface area (Å²) in [6, 6.07) is 4.23. The molecule has 0 heterocycles. The maximum Gasteiger partial charge on any atom is 0.326 e. The van der Waals surface area contributed by atoms with E-state index in [4.69, 9.17) is 15.9 Å². The van der Waals surface area contributed by atoms with Gasteiger partial charge in [-0.2, -0.15) is 0 Å². The molecule has 0 fully saturated rings. The van der Waals surface area contributed by atoms with Gasteiger partial charge >= 0.3 is 5.97 Å². The van der Waals surface area contributed by atoms with E-state index in [1.54, 1.807) is 12.1 Å². The molecule has 0 aliphatic rings. The van der Waals surface area contributed by atoms with Crippen molar-refractivity contribution in [2.45, 2.75) is 24.9 Å². The Kier molecular flexibility index (Phi) is 5.74. The first-order valence-electron chi connectivity index (χ1n) is 6.11. The summed E-state index contributed by atoms with van der Waals surface area (Å²) in [5, 5.41) is 20.7. The third-order valence-electron chi connectivity index (χ3n) is 2.75. The number of phenolic OH excluding ortho intramolecular Hbond substituents is 1. The Morgan fingerprint density at radius 2 is 1.95 bits per heavy atom. The van der Waals surface area contributed by atoms with Crippen LogP contribution in [0.15, 0.2) is 36.9 Å². The molecule has 1 aromatic carbocycles. The summed E-state index contributed by atoms with van der Waals surface area (Å²) in [5.74, 6) is -1.58. The third-order valence-corrected chi connectivity index (χ3v) is 2.75. The van der Waals surface area contributed by atoms with Crippen LogP contribution in [-0.2, 0) is 16.0 Å². The van der Waals surface area contributed by atoms with Crippen LogP contribution in [0.4, 0.5) is 0 Å². The maximum atomic E-state index is 11.7. The lowest BCUT2D eigenvalue weighted by molar-refractivity contribution is -0.141. The van der Waals surface area contributed by atoms with Gasteiger partial charge < -0.3 is 21.3 Å². The van der Waals surface area contributed by atoms with Crippen molar-refractivity contribution in [3.8, 4) is 5.75 Å². The number of carbonyl (C=O) groups is 2. The van der Waals surface area contributed by atoms with Crippen molar-refractivity contribution in [1.82, 2.24) is 5.32 Å². The Morgan fingerprint density at radius 3 is 2.45 bits per heavy atom. The molecule has 5 N–H and O–H groups in total. The highest BCUT2D eigenvalue weighted by atomic mass is 16.4. The number of hydrogen-bond donors (Lipinski definition) is 4. The highest BCUT2D eigenvalue weighted by molar-refractivity contribution is 5.87. The average Bonchev–Trinajstić information content (AvgIpc) is 2.40. The Labute approximate surface area is 116 Å². The van der Waals surface area contributed by atoms with E-state index < -0.39 is 24.0 Å². The summed E-state index contributed by atoms with van der Waals surface area (Å²) in [6.07, 6.45) is 1.89. The molecule has 1 aromatic rings. The number of nitrogens with two attached hydrogens (primary N) is 1. The zero-order chi connectivity index (χ0) is 15.1. The maximum absolute atomic E-state index is 11.7. The van der Waals surface area contributed by atoms with Gasteiger partial charge in [-0.1, -0.05) is 18.2 Å². The molecular formula is C14H18N2O4. The molecule has 0 aliphatic heterocycles. The number of amides is 1. The fourth-order valence-corrected chi connectivity index (χ4v) is 1.63. The molecule has 1 unspecified atom stereocenters. The average molecular weight is 278 g/mol. The lowest BCUT2D eigenvalue weighted by Crippen LogP contribution is -2.49. The van der Waals surface area contributed by atoms with Crippen molar-refractivity contribution in [3.05, 3.63) is 42.5 Å². The van der Waals surface area contributed by atoms with Gasteiger partial charge in [0.2, 0.25) is 5.91 Å². The second-order valence-corrected chi connectivity index (χ2v) is 4.40. The lowest BCUT2D eigenvalue weighted by Gasteiger charge is -2.17. The van der Waals surface area contributed by atoms with Gasteiger partial charge in [-0.05, 0) is 24.1 Å². The lowest BCUT2D eigenvalue weighted by atomic mass is 10.1. The van der Waals surface area contributed by atoms with E-state index >= 15 is 0 Å². The zero-order valence-corrected chi connectivity index (χ0v) is 11.0. The molecular weight excluding hydrogens is 260 g/mol. The molecule has 0 saturated carbocycles. The monoisotopic (exact) mass is 278 g/mol. The van der Waals surface area contributed by atoms with Gasteiger partial charge in [0.1, 0.15) is 11.8 Å². The summed E-state index contributed by atoms with van der Waals surface area (Å²) in [7, 11) is 0. The predicted octanol–water partition coefficient (Wildman–Crippen LogP) is 0.407. The van der Waals surface area contributed by atoms with Crippen LogP contribution in [0, 0.1) is 0 Å². The van der Waals surface area contributed by atoms with Crippen molar-refractivity contribution in [1.29, 1.82) is 0 Å². The number of rotatable bonds is 7. The van der Waals surface area contributed by atoms with E-state index in [9.17, 15) is 9.59 Å². The number of aromatic hydroxyl groups is 1. The SMILES string of the molecule is C=CCC(N)C(=O)N[C@@H](Cc1ccc(O)cc1)C(=O)O. The van der Waals surface area contributed by atoms with Crippen molar-refractivity contribution < 1.29 is 19.8 Å². The molecule has 0 radical (unpaired) electrons. The summed E-state index contributed by atoms with van der Waals surface area (Å²) < 4.78 is 0. The van der Waals surface area contributed by atoms with Gasteiger partial charge in [-0.25, -0.2) is 4.79 Å². The Hall–Kier alpha value is -2.34. The standard InChI is InChI=1S/C14H18N2O4/c1-2-3-11(15)13(18)16-12(14(19)20)8-9-4-6-10(17)7-5-9/h2,4-7,11-12,17H,1,3,8,15H2,(H,16,18)(H,19,20)/t11?,12-/m0/s1. The van der Waals surface area contributed by atoms with Gasteiger partial charge in [0, 0.05) is 6.42 Å². The van der Waals surface area contributed by atoms with Crippen LogP contribution < -0.4 is 11.1 Å². The molecule has 0 aliphatic carbocycles. The zero-order valence-electron chi connectivity index (χ0n) is 11.0. The highest BCUT2D eigenvalue weighted by Gasteiger charge is 2.22. The minimum Gasteiger partial charge on any atom is -0.508 e. The number of carbonyl (C=O) groups excluding carboxylic acids is 1. The topological polar surface area (TPSA) is 113 Å². The second kappa shape index (κ2) is 7.30. The van der Waals surface area contributed by atoms with Crippen LogP contribution in [-0.4, -0.2) is 34.2 Å². The quantitative estimate of drug-likeness (QED) is 0.539. The Bertz CT molecular complexity index is 484. The van der Waals surface area contributed by atoms with E-state index in [1.807, 2.05) is 0 Å². The van der Waals surface area contributed by atoms with Crippen molar-refractivity contribution in [3.63, 3.8) is 0 Å². The first kappa shape index (κ1) is 15.7. The number of nitrogens with one attached hydrogen (secondary N) is 1. The summed E-state index contributed by atoms with van der Waals surface area (Å²) in [5.41, 5.74) is 6.27. The van der Waals surface area contributed by atoms with Crippen LogP contribution >= 0.6 is 0 Å². The highest BCUT2D eigenvalue weighted by Crippen LogP contribution is 2.11. The molecule has 20 heavy (non-hydrogen) atoms. The molecule has 0 aromatic heterocycles. The van der Waals surface area contributed by atoms with E-state index in [1.165, 1.54) is 18.2 Å². The molecule has 108 valence electrons. The van der Waals surface area contributed by atoms with Gasteiger partial charge in [0.15, 0.2) is 0 Å². The first-order valence-corrected chi connectivity index (χ1v) is 6.11. The molecule has 1 amide bonds. The van der Waals surface area contributed by atoms with Crippen molar-refractivity contribution >= 4 is 11.9 Å². The number of benzene rings is 1. The molecule has 0 bridgehead atoms. The largest absolute Gasteiger partial charge is 0.508 e. The number of hydrogen-bond acceptors (Lipinski definition) is 4. The summed E-state index contributed by atoms with van der Waals surface area (Å²) >= 11 is 0. The van der Waals surface area contributed by atoms with Crippen LogP contribution in [0.3, 0.4) is 0 Å². The van der Waals surface area contributed by atoms with E-state index in [-0.39, 0.29) is 18.6 Å². The van der Waals surface area contributed by atoms with Gasteiger partial charge in [-0.3, -0.25) is 4.79 Å². The second-order valence-electron chi connectivity index (χ2n) is 4.40. The normalized spacial score (nSPS) is 13.2.